The van der Waals surface area contributed by atoms with Crippen LogP contribution in [0.1, 0.15) is 19.6 Å². The van der Waals surface area contributed by atoms with Gasteiger partial charge in [0.15, 0.2) is 0 Å². The van der Waals surface area contributed by atoms with Crippen LogP contribution in [-0.2, 0) is 36.3 Å². The standard InChI is InChI=1S/C11H18N9O13P3/c1-11(16-18-13,17-19-14)31-6-4-9(20-3-2-8(12)15-10(20)21)30-7(6)5-29-35(25,26)33-36(27,28)32-34(22,23)24/h2-3,6-7,9H,4-5H2,1H3,(H,25,26)(H,27,28)(H2,12,15,21)(H2,22,23,24)/t6-,7-,9-/m1/s1. The molecule has 0 aromatic carbocycles. The van der Waals surface area contributed by atoms with Gasteiger partial charge < -0.3 is 34.8 Å². The van der Waals surface area contributed by atoms with Gasteiger partial charge in [0.2, 0.25) is 5.85 Å². The van der Waals surface area contributed by atoms with E-state index >= 15 is 0 Å². The summed E-state index contributed by atoms with van der Waals surface area (Å²) in [5.41, 5.74) is 22.0. The van der Waals surface area contributed by atoms with Crippen molar-refractivity contribution >= 4 is 29.3 Å². The highest BCUT2D eigenvalue weighted by atomic mass is 31.3. The summed E-state index contributed by atoms with van der Waals surface area (Å²) >= 11 is 0. The first-order chi connectivity index (χ1) is 16.5. The van der Waals surface area contributed by atoms with Gasteiger partial charge in [-0.15, -0.1) is 0 Å². The van der Waals surface area contributed by atoms with Crippen LogP contribution in [0.25, 0.3) is 20.9 Å². The highest BCUT2D eigenvalue weighted by Crippen LogP contribution is 2.66. The third kappa shape index (κ3) is 8.94. The van der Waals surface area contributed by atoms with E-state index in [1.54, 1.807) is 0 Å². The molecule has 5 atom stereocenters. The minimum atomic E-state index is -5.78. The topological polar surface area (TPSA) is 337 Å². The number of nitrogen functional groups attached to an aromatic ring is 1. The summed E-state index contributed by atoms with van der Waals surface area (Å²) in [6.07, 6.45) is -2.92. The molecule has 2 rings (SSSR count). The van der Waals surface area contributed by atoms with Gasteiger partial charge in [-0.1, -0.05) is 10.2 Å². The molecule has 0 amide bonds. The third-order valence-corrected chi connectivity index (χ3v) is 7.80. The van der Waals surface area contributed by atoms with Crippen molar-refractivity contribution in [3.8, 4) is 0 Å². The Morgan fingerprint density at radius 2 is 1.83 bits per heavy atom. The van der Waals surface area contributed by atoms with Crippen molar-refractivity contribution in [3.63, 3.8) is 0 Å². The number of azide groups is 1. The summed E-state index contributed by atoms with van der Waals surface area (Å²) in [6, 6.07) is 1.25. The number of hydrogen-bond donors (Lipinski definition) is 5. The minimum Gasteiger partial charge on any atom is -0.383 e. The first-order valence-electron chi connectivity index (χ1n) is 9.07. The molecule has 6 N–H and O–H groups in total. The lowest BCUT2D eigenvalue weighted by atomic mass is 10.2. The van der Waals surface area contributed by atoms with E-state index in [1.807, 2.05) is 0 Å². The summed E-state index contributed by atoms with van der Waals surface area (Å²) in [5.74, 6) is -2.28. The molecule has 0 aliphatic carbocycles. The average Bonchev–Trinajstić information content (AvgIpc) is 3.05. The Hall–Kier alpha value is -2.37. The fourth-order valence-corrected chi connectivity index (χ4v) is 5.81. The molecule has 0 saturated carbocycles. The zero-order valence-electron chi connectivity index (χ0n) is 17.8. The number of nitrogens with zero attached hydrogens (tertiary/aromatic N) is 8. The van der Waals surface area contributed by atoms with Crippen LogP contribution in [-0.4, -0.2) is 53.8 Å². The molecule has 200 valence electrons. The van der Waals surface area contributed by atoms with Crippen LogP contribution in [0.3, 0.4) is 0 Å². The van der Waals surface area contributed by atoms with Crippen molar-refractivity contribution in [2.45, 2.75) is 37.6 Å². The highest BCUT2D eigenvalue weighted by Gasteiger charge is 2.45. The second-order valence-corrected chi connectivity index (χ2v) is 11.2. The Bertz CT molecular complexity index is 1250. The van der Waals surface area contributed by atoms with Crippen LogP contribution < -0.4 is 11.4 Å². The quantitative estimate of drug-likeness (QED) is 0.101. The van der Waals surface area contributed by atoms with Gasteiger partial charge in [-0.25, -0.2) is 18.5 Å². The predicted molar refractivity (Wildman–Crippen MR) is 113 cm³/mol. The zero-order chi connectivity index (χ0) is 27.4. The van der Waals surface area contributed by atoms with E-state index in [2.05, 4.69) is 38.2 Å². The van der Waals surface area contributed by atoms with Crippen molar-refractivity contribution in [1.82, 2.24) is 9.55 Å². The Morgan fingerprint density at radius 1 is 1.22 bits per heavy atom. The fourth-order valence-electron chi connectivity index (χ4n) is 2.78. The normalized spacial score (nSPS) is 25.0. The van der Waals surface area contributed by atoms with Crippen LogP contribution in [0.4, 0.5) is 5.82 Å². The Balaban J connectivity index is 2.28. The van der Waals surface area contributed by atoms with Crippen molar-refractivity contribution in [1.29, 1.82) is 0 Å². The van der Waals surface area contributed by atoms with E-state index in [-0.39, 0.29) is 12.2 Å². The maximum absolute atomic E-state index is 12.2. The number of anilines is 1. The second kappa shape index (κ2) is 11.4. The van der Waals surface area contributed by atoms with E-state index in [0.717, 1.165) is 11.5 Å². The first-order valence-corrected chi connectivity index (χ1v) is 13.6. The molecule has 0 radical (unpaired) electrons. The van der Waals surface area contributed by atoms with Gasteiger partial charge in [0.05, 0.1) is 12.7 Å². The highest BCUT2D eigenvalue weighted by molar-refractivity contribution is 7.66. The van der Waals surface area contributed by atoms with Gasteiger partial charge >= 0.3 is 29.2 Å². The van der Waals surface area contributed by atoms with E-state index in [0.29, 0.717) is 0 Å². The molecular formula is C11H18N9O13P3. The molecule has 1 fully saturated rings. The van der Waals surface area contributed by atoms with E-state index < -0.39 is 60.0 Å². The van der Waals surface area contributed by atoms with E-state index in [4.69, 9.17) is 36.1 Å². The van der Waals surface area contributed by atoms with Crippen LogP contribution in [0.5, 0.6) is 0 Å². The summed E-state index contributed by atoms with van der Waals surface area (Å²) in [5, 5.41) is 6.43. The largest absolute Gasteiger partial charge is 0.490 e. The smallest absolute Gasteiger partial charge is 0.383 e. The molecule has 25 heteroatoms. The number of ether oxygens (including phenoxy) is 2. The number of nitrogens with two attached hydrogens (primary N) is 1. The Morgan fingerprint density at radius 3 is 2.36 bits per heavy atom. The molecule has 2 unspecified atom stereocenters. The molecule has 0 spiro atoms. The number of aromatic nitrogens is 2. The van der Waals surface area contributed by atoms with Gasteiger partial charge in [-0.2, -0.15) is 13.6 Å². The molecule has 22 nitrogen and oxygen atoms in total. The monoisotopic (exact) mass is 577 g/mol. The molecule has 1 aromatic heterocycles. The van der Waals surface area contributed by atoms with Gasteiger partial charge in [0.25, 0.3) is 0 Å². The second-order valence-electron chi connectivity index (χ2n) is 6.76. The van der Waals surface area contributed by atoms with Gasteiger partial charge in [0.1, 0.15) is 18.1 Å². The summed E-state index contributed by atoms with van der Waals surface area (Å²) in [7, 11) is -16.9. The Kier molecular flexibility index (Phi) is 9.41. The summed E-state index contributed by atoms with van der Waals surface area (Å²) in [4.78, 5) is 56.8. The molecular weight excluding hydrogens is 559 g/mol. The van der Waals surface area contributed by atoms with E-state index in [1.165, 1.54) is 12.3 Å². The molecule has 1 saturated heterocycles. The fraction of sp³-hybridized carbons (Fsp3) is 0.636. The molecule has 36 heavy (non-hydrogen) atoms. The number of phosphoric ester groups is 1. The van der Waals surface area contributed by atoms with Crippen molar-refractivity contribution in [3.05, 3.63) is 43.6 Å². The Labute approximate surface area is 199 Å². The van der Waals surface area contributed by atoms with Gasteiger partial charge in [0, 0.05) is 22.4 Å². The van der Waals surface area contributed by atoms with Crippen LogP contribution >= 0.6 is 23.5 Å². The average molecular weight is 577 g/mol. The molecule has 1 aliphatic heterocycles. The van der Waals surface area contributed by atoms with Crippen molar-refractivity contribution in [2.75, 3.05) is 12.3 Å². The SMILES string of the molecule is CC(N=[N+]=[N-])(N=[N+]=[N-])O[C@@H]1C[C@H](n2ccc(N)nc2=O)O[C@@H]1COP(=O)(O)OP(=O)(O)OP(=O)(O)O. The van der Waals surface area contributed by atoms with E-state index in [9.17, 15) is 28.3 Å². The van der Waals surface area contributed by atoms with Gasteiger partial charge in [-0.3, -0.25) is 9.09 Å². The third-order valence-electron chi connectivity index (χ3n) is 4.00. The van der Waals surface area contributed by atoms with Crippen LogP contribution in [0.15, 0.2) is 27.3 Å². The number of phosphoric acid groups is 3. The minimum absolute atomic E-state index is 0.106. The van der Waals surface area contributed by atoms with Crippen molar-refractivity contribution in [2.24, 2.45) is 10.2 Å². The van der Waals surface area contributed by atoms with Crippen molar-refractivity contribution < 1.29 is 55.9 Å². The summed E-state index contributed by atoms with van der Waals surface area (Å²) < 4.78 is 58.1. The maximum Gasteiger partial charge on any atom is 0.490 e. The molecule has 0 bridgehead atoms. The lowest BCUT2D eigenvalue weighted by molar-refractivity contribution is -0.113. The molecule has 1 aromatic rings. The summed E-state index contributed by atoms with van der Waals surface area (Å²) in [6.45, 7) is 0.0841. The van der Waals surface area contributed by atoms with Crippen LogP contribution in [0.2, 0.25) is 0 Å². The maximum atomic E-state index is 12.2. The lowest BCUT2D eigenvalue weighted by Crippen LogP contribution is -2.36. The first kappa shape index (κ1) is 29.9. The molecule has 2 heterocycles. The predicted octanol–water partition coefficient (Wildman–Crippen LogP) is 1.14. The number of rotatable bonds is 12. The lowest BCUT2D eigenvalue weighted by Gasteiger charge is -2.26. The van der Waals surface area contributed by atoms with Crippen LogP contribution in [0, 0.1) is 0 Å². The zero-order valence-corrected chi connectivity index (χ0v) is 20.4. The van der Waals surface area contributed by atoms with Gasteiger partial charge in [-0.05, 0) is 24.1 Å². The molecule has 1 aliphatic rings. The number of hydrogen-bond acceptors (Lipinski definition) is 13.